The van der Waals surface area contributed by atoms with Crippen molar-refractivity contribution >= 4 is 11.6 Å². The van der Waals surface area contributed by atoms with Crippen LogP contribution in [0.25, 0.3) is 0 Å². The van der Waals surface area contributed by atoms with Gasteiger partial charge in [-0.1, -0.05) is 13.8 Å². The molecule has 23 heavy (non-hydrogen) atoms. The van der Waals surface area contributed by atoms with Crippen LogP contribution in [0.5, 0.6) is 0 Å². The Morgan fingerprint density at radius 2 is 1.26 bits per heavy atom. The minimum atomic E-state index is 0.293. The molecular formula is C20H32O3. The van der Waals surface area contributed by atoms with Gasteiger partial charge in [0.05, 0.1) is 12.2 Å². The Bertz CT molecular complexity index is 404. The van der Waals surface area contributed by atoms with Crippen molar-refractivity contribution in [2.75, 3.05) is 0 Å². The van der Waals surface area contributed by atoms with E-state index in [2.05, 4.69) is 13.8 Å². The fourth-order valence-corrected chi connectivity index (χ4v) is 5.00. The molecule has 0 bridgehead atoms. The topological polar surface area (TPSA) is 43.4 Å². The van der Waals surface area contributed by atoms with Gasteiger partial charge in [0, 0.05) is 24.7 Å². The van der Waals surface area contributed by atoms with Crippen molar-refractivity contribution in [3.8, 4) is 0 Å². The molecule has 2 saturated carbocycles. The monoisotopic (exact) mass is 320 g/mol. The molecule has 2 aliphatic carbocycles. The Morgan fingerprint density at radius 3 is 1.61 bits per heavy atom. The average Bonchev–Trinajstić information content (AvgIpc) is 3.23. The summed E-state index contributed by atoms with van der Waals surface area (Å²) in [5.41, 5.74) is 0. The average molecular weight is 320 g/mol. The van der Waals surface area contributed by atoms with E-state index >= 15 is 0 Å². The summed E-state index contributed by atoms with van der Waals surface area (Å²) >= 11 is 0. The van der Waals surface area contributed by atoms with E-state index in [9.17, 15) is 9.59 Å². The third kappa shape index (κ3) is 4.04. The molecule has 1 aliphatic heterocycles. The Kier molecular flexibility index (Phi) is 5.56. The molecule has 0 N–H and O–H groups in total. The molecule has 3 nitrogen and oxygen atoms in total. The maximum absolute atomic E-state index is 11.8. The number of ether oxygens (including phenoxy) is 1. The van der Waals surface area contributed by atoms with E-state index in [1.807, 2.05) is 0 Å². The zero-order valence-corrected chi connectivity index (χ0v) is 14.8. The molecule has 0 spiro atoms. The first-order valence-corrected chi connectivity index (χ1v) is 9.75. The van der Waals surface area contributed by atoms with E-state index < -0.39 is 0 Å². The van der Waals surface area contributed by atoms with Crippen LogP contribution in [-0.2, 0) is 14.3 Å². The van der Waals surface area contributed by atoms with Gasteiger partial charge in [0.1, 0.15) is 11.6 Å². The van der Waals surface area contributed by atoms with Crippen LogP contribution in [0.1, 0.15) is 78.1 Å². The quantitative estimate of drug-likeness (QED) is 0.732. The Balaban J connectivity index is 1.45. The molecule has 3 heteroatoms. The largest absolute Gasteiger partial charge is 0.374 e. The van der Waals surface area contributed by atoms with Crippen molar-refractivity contribution < 1.29 is 14.3 Å². The van der Waals surface area contributed by atoms with Crippen LogP contribution in [0.2, 0.25) is 0 Å². The molecule has 3 fully saturated rings. The van der Waals surface area contributed by atoms with Gasteiger partial charge in [0.2, 0.25) is 0 Å². The molecule has 0 aromatic rings. The lowest BCUT2D eigenvalue weighted by Gasteiger charge is -2.25. The molecule has 130 valence electrons. The van der Waals surface area contributed by atoms with E-state index in [0.29, 0.717) is 47.4 Å². The number of ketones is 2. The van der Waals surface area contributed by atoms with Crippen LogP contribution in [0, 0.1) is 23.7 Å². The molecule has 6 atom stereocenters. The highest BCUT2D eigenvalue weighted by Crippen LogP contribution is 2.37. The van der Waals surface area contributed by atoms with Crippen LogP contribution < -0.4 is 0 Å². The highest BCUT2D eigenvalue weighted by Gasteiger charge is 2.37. The van der Waals surface area contributed by atoms with E-state index in [1.165, 1.54) is 0 Å². The van der Waals surface area contributed by atoms with Crippen LogP contribution >= 0.6 is 0 Å². The first-order valence-electron chi connectivity index (χ1n) is 9.75. The number of Topliss-reactive ketones (excluding diaryl/α,β-unsaturated/α-hetero) is 2. The SMILES string of the molecule is CC(CC1CCCC1=O)C1CCC(C(C)CC2CCCC2=O)O1. The second kappa shape index (κ2) is 7.46. The van der Waals surface area contributed by atoms with Gasteiger partial charge in [-0.05, 0) is 63.2 Å². The van der Waals surface area contributed by atoms with Gasteiger partial charge >= 0.3 is 0 Å². The fourth-order valence-electron chi connectivity index (χ4n) is 5.00. The highest BCUT2D eigenvalue weighted by molar-refractivity contribution is 5.83. The fraction of sp³-hybridized carbons (Fsp3) is 0.900. The summed E-state index contributed by atoms with van der Waals surface area (Å²) in [7, 11) is 0. The first kappa shape index (κ1) is 17.1. The molecule has 0 radical (unpaired) electrons. The summed E-state index contributed by atoms with van der Waals surface area (Å²) < 4.78 is 6.35. The predicted octanol–water partition coefficient (Wildman–Crippen LogP) is 4.32. The lowest BCUT2D eigenvalue weighted by atomic mass is 9.88. The van der Waals surface area contributed by atoms with Crippen LogP contribution in [0.15, 0.2) is 0 Å². The molecule has 1 heterocycles. The van der Waals surface area contributed by atoms with Gasteiger partial charge in [-0.25, -0.2) is 0 Å². The zero-order chi connectivity index (χ0) is 16.4. The van der Waals surface area contributed by atoms with Gasteiger partial charge in [-0.3, -0.25) is 9.59 Å². The van der Waals surface area contributed by atoms with Crippen LogP contribution in [0.4, 0.5) is 0 Å². The van der Waals surface area contributed by atoms with Gasteiger partial charge in [-0.2, -0.15) is 0 Å². The first-order chi connectivity index (χ1) is 11.0. The van der Waals surface area contributed by atoms with E-state index in [4.69, 9.17) is 4.74 Å². The smallest absolute Gasteiger partial charge is 0.135 e. The molecule has 6 unspecified atom stereocenters. The minimum absolute atomic E-state index is 0.293. The number of carbonyl (C=O) groups excluding carboxylic acids is 2. The number of hydrogen-bond donors (Lipinski definition) is 0. The Morgan fingerprint density at radius 1 is 0.826 bits per heavy atom. The van der Waals surface area contributed by atoms with E-state index in [1.54, 1.807) is 0 Å². The molecule has 3 rings (SSSR count). The van der Waals surface area contributed by atoms with Gasteiger partial charge in [0.15, 0.2) is 0 Å². The summed E-state index contributed by atoms with van der Waals surface area (Å²) in [4.78, 5) is 23.7. The summed E-state index contributed by atoms with van der Waals surface area (Å²) in [6, 6.07) is 0. The Hall–Kier alpha value is -0.700. The summed E-state index contributed by atoms with van der Waals surface area (Å²) in [6.45, 7) is 4.51. The number of rotatable bonds is 6. The van der Waals surface area contributed by atoms with Crippen molar-refractivity contribution in [2.24, 2.45) is 23.7 Å². The third-order valence-corrected chi connectivity index (χ3v) is 6.53. The van der Waals surface area contributed by atoms with E-state index in [-0.39, 0.29) is 0 Å². The lowest BCUT2D eigenvalue weighted by molar-refractivity contribution is -0.121. The number of hydrogen-bond acceptors (Lipinski definition) is 3. The van der Waals surface area contributed by atoms with Crippen molar-refractivity contribution in [1.82, 2.24) is 0 Å². The molecule has 0 aromatic heterocycles. The standard InChI is InChI=1S/C20H32O3/c1-13(11-15-5-3-7-17(15)21)19-9-10-20(23-19)14(2)12-16-6-4-8-18(16)22/h13-16,19-20H,3-12H2,1-2H3. The Labute approximate surface area is 140 Å². The van der Waals surface area contributed by atoms with Crippen LogP contribution in [-0.4, -0.2) is 23.8 Å². The molecule has 0 amide bonds. The maximum atomic E-state index is 11.8. The normalized spacial score (nSPS) is 37.5. The van der Waals surface area contributed by atoms with Crippen molar-refractivity contribution in [3.63, 3.8) is 0 Å². The second-order valence-electron chi connectivity index (χ2n) is 8.33. The van der Waals surface area contributed by atoms with Gasteiger partial charge in [0.25, 0.3) is 0 Å². The number of carbonyl (C=O) groups is 2. The zero-order valence-electron chi connectivity index (χ0n) is 14.8. The molecule has 0 aromatic carbocycles. The van der Waals surface area contributed by atoms with Crippen LogP contribution in [0.3, 0.4) is 0 Å². The predicted molar refractivity (Wildman–Crippen MR) is 90.2 cm³/mol. The minimum Gasteiger partial charge on any atom is -0.374 e. The van der Waals surface area contributed by atoms with Gasteiger partial charge in [-0.15, -0.1) is 0 Å². The van der Waals surface area contributed by atoms with Crippen molar-refractivity contribution in [1.29, 1.82) is 0 Å². The van der Waals surface area contributed by atoms with E-state index in [0.717, 1.165) is 64.2 Å². The lowest BCUT2D eigenvalue weighted by Crippen LogP contribution is -2.26. The van der Waals surface area contributed by atoms with Crippen molar-refractivity contribution in [2.45, 2.75) is 90.3 Å². The molecule has 1 saturated heterocycles. The second-order valence-corrected chi connectivity index (χ2v) is 8.33. The summed E-state index contributed by atoms with van der Waals surface area (Å²) in [5, 5.41) is 0. The maximum Gasteiger partial charge on any atom is 0.135 e. The summed E-state index contributed by atoms with van der Waals surface area (Å²) in [6.07, 6.45) is 10.8. The molecule has 3 aliphatic rings. The molecular weight excluding hydrogens is 288 g/mol. The highest BCUT2D eigenvalue weighted by atomic mass is 16.5. The third-order valence-electron chi connectivity index (χ3n) is 6.53. The van der Waals surface area contributed by atoms with Crippen molar-refractivity contribution in [3.05, 3.63) is 0 Å². The van der Waals surface area contributed by atoms with Gasteiger partial charge < -0.3 is 4.74 Å². The summed E-state index contributed by atoms with van der Waals surface area (Å²) in [5.74, 6) is 2.49.